The standard InChI is InChI=1S/C8H9NO4S/c1-13-8(12)5(7(10)11)4-6-9-2-3-14-6/h2-3,5H,4H2,1H3,(H,10,11). The summed E-state index contributed by atoms with van der Waals surface area (Å²) in [6, 6.07) is 0. The number of carbonyl (C=O) groups is 2. The molecule has 0 aliphatic heterocycles. The first-order valence-electron chi connectivity index (χ1n) is 3.84. The van der Waals surface area contributed by atoms with Gasteiger partial charge in [-0.2, -0.15) is 0 Å². The first-order chi connectivity index (χ1) is 6.65. The van der Waals surface area contributed by atoms with Crippen LogP contribution in [0.15, 0.2) is 11.6 Å². The number of aliphatic carboxylic acids is 1. The van der Waals surface area contributed by atoms with Gasteiger partial charge in [-0.15, -0.1) is 11.3 Å². The smallest absolute Gasteiger partial charge is 0.320 e. The fourth-order valence-electron chi connectivity index (χ4n) is 0.942. The maximum Gasteiger partial charge on any atom is 0.320 e. The van der Waals surface area contributed by atoms with Crippen LogP contribution < -0.4 is 0 Å². The summed E-state index contributed by atoms with van der Waals surface area (Å²) >= 11 is 1.31. The zero-order valence-electron chi connectivity index (χ0n) is 7.47. The number of hydrogen-bond donors (Lipinski definition) is 1. The number of ether oxygens (including phenoxy) is 1. The molecule has 0 spiro atoms. The topological polar surface area (TPSA) is 76.5 Å². The van der Waals surface area contributed by atoms with Gasteiger partial charge in [-0.05, 0) is 0 Å². The van der Waals surface area contributed by atoms with Gasteiger partial charge in [-0.1, -0.05) is 0 Å². The molecular weight excluding hydrogens is 206 g/mol. The lowest BCUT2D eigenvalue weighted by atomic mass is 10.1. The molecule has 76 valence electrons. The summed E-state index contributed by atoms with van der Waals surface area (Å²) in [6.45, 7) is 0. The number of aromatic nitrogens is 1. The van der Waals surface area contributed by atoms with Crippen molar-refractivity contribution < 1.29 is 19.4 Å². The Morgan fingerprint density at radius 1 is 1.71 bits per heavy atom. The highest BCUT2D eigenvalue weighted by molar-refractivity contribution is 7.09. The number of rotatable bonds is 4. The zero-order chi connectivity index (χ0) is 10.6. The van der Waals surface area contributed by atoms with Gasteiger partial charge < -0.3 is 9.84 Å². The number of nitrogens with zero attached hydrogens (tertiary/aromatic N) is 1. The molecule has 1 unspecified atom stereocenters. The number of carboxylic acid groups (broad SMARTS) is 1. The highest BCUT2D eigenvalue weighted by atomic mass is 32.1. The second-order valence-corrected chi connectivity index (χ2v) is 3.52. The molecule has 0 saturated carbocycles. The van der Waals surface area contributed by atoms with Crippen molar-refractivity contribution in [1.82, 2.24) is 4.98 Å². The molecule has 1 heterocycles. The molecule has 0 bridgehead atoms. The maximum atomic E-state index is 11.1. The first kappa shape index (κ1) is 10.6. The lowest BCUT2D eigenvalue weighted by Gasteiger charge is -2.07. The molecular formula is C8H9NO4S. The summed E-state index contributed by atoms with van der Waals surface area (Å²) in [6.07, 6.45) is 1.65. The number of carbonyl (C=O) groups excluding carboxylic acids is 1. The zero-order valence-corrected chi connectivity index (χ0v) is 8.28. The Balaban J connectivity index is 2.70. The normalized spacial score (nSPS) is 12.1. The number of methoxy groups -OCH3 is 1. The van der Waals surface area contributed by atoms with E-state index in [1.54, 1.807) is 11.6 Å². The third-order valence-corrected chi connectivity index (χ3v) is 2.45. The largest absolute Gasteiger partial charge is 0.481 e. The van der Waals surface area contributed by atoms with Crippen molar-refractivity contribution in [2.75, 3.05) is 7.11 Å². The molecule has 1 rings (SSSR count). The lowest BCUT2D eigenvalue weighted by Crippen LogP contribution is -2.26. The summed E-state index contributed by atoms with van der Waals surface area (Å²) in [5, 5.41) is 11.1. The van der Waals surface area contributed by atoms with Crippen LogP contribution in [0.1, 0.15) is 5.01 Å². The van der Waals surface area contributed by atoms with Gasteiger partial charge in [0.05, 0.1) is 12.1 Å². The van der Waals surface area contributed by atoms with E-state index in [1.807, 2.05) is 0 Å². The van der Waals surface area contributed by atoms with Crippen molar-refractivity contribution in [2.45, 2.75) is 6.42 Å². The van der Waals surface area contributed by atoms with Crippen LogP contribution in [0.5, 0.6) is 0 Å². The number of esters is 1. The Labute approximate surface area is 84.3 Å². The van der Waals surface area contributed by atoms with Gasteiger partial charge in [0, 0.05) is 18.0 Å². The van der Waals surface area contributed by atoms with Crippen LogP contribution in [0.2, 0.25) is 0 Å². The summed E-state index contributed by atoms with van der Waals surface area (Å²) in [7, 11) is 1.17. The van der Waals surface area contributed by atoms with E-state index in [2.05, 4.69) is 9.72 Å². The molecule has 1 aromatic rings. The lowest BCUT2D eigenvalue weighted by molar-refractivity contribution is -0.156. The van der Waals surface area contributed by atoms with Gasteiger partial charge in [-0.3, -0.25) is 9.59 Å². The highest BCUT2D eigenvalue weighted by Crippen LogP contribution is 2.12. The van der Waals surface area contributed by atoms with Crippen LogP contribution in [0.4, 0.5) is 0 Å². The first-order valence-corrected chi connectivity index (χ1v) is 4.72. The summed E-state index contributed by atoms with van der Waals surface area (Å²) in [5.41, 5.74) is 0. The van der Waals surface area contributed by atoms with Crippen LogP contribution in [-0.4, -0.2) is 29.1 Å². The Morgan fingerprint density at radius 2 is 2.43 bits per heavy atom. The van der Waals surface area contributed by atoms with Crippen molar-refractivity contribution in [1.29, 1.82) is 0 Å². The Bertz CT molecular complexity index is 322. The fraction of sp³-hybridized carbons (Fsp3) is 0.375. The molecule has 0 fully saturated rings. The van der Waals surface area contributed by atoms with Crippen LogP contribution in [0.25, 0.3) is 0 Å². The summed E-state index contributed by atoms with van der Waals surface area (Å²) < 4.78 is 4.38. The quantitative estimate of drug-likeness (QED) is 0.586. The van der Waals surface area contributed by atoms with Crippen molar-refractivity contribution in [2.24, 2.45) is 5.92 Å². The Hall–Kier alpha value is -1.43. The van der Waals surface area contributed by atoms with E-state index in [0.717, 1.165) is 0 Å². The number of carboxylic acids is 1. The predicted octanol–water partition coefficient (Wildman–Crippen LogP) is 0.559. The molecule has 0 aromatic carbocycles. The molecule has 5 nitrogen and oxygen atoms in total. The molecule has 0 saturated heterocycles. The van der Waals surface area contributed by atoms with E-state index in [0.29, 0.717) is 5.01 Å². The fourth-order valence-corrected chi connectivity index (χ4v) is 1.61. The molecule has 0 aliphatic rings. The van der Waals surface area contributed by atoms with E-state index in [1.165, 1.54) is 18.4 Å². The minimum absolute atomic E-state index is 0.0830. The summed E-state index contributed by atoms with van der Waals surface area (Å²) in [5.74, 6) is -3.09. The third kappa shape index (κ3) is 2.53. The number of hydrogen-bond acceptors (Lipinski definition) is 5. The van der Waals surface area contributed by atoms with Crippen LogP contribution in [-0.2, 0) is 20.7 Å². The molecule has 14 heavy (non-hydrogen) atoms. The second-order valence-electron chi connectivity index (χ2n) is 2.54. The van der Waals surface area contributed by atoms with Crippen molar-refractivity contribution in [3.63, 3.8) is 0 Å². The molecule has 1 aromatic heterocycles. The Kier molecular flexibility index (Phi) is 3.58. The monoisotopic (exact) mass is 215 g/mol. The molecule has 0 amide bonds. The van der Waals surface area contributed by atoms with Gasteiger partial charge in [0.1, 0.15) is 0 Å². The van der Waals surface area contributed by atoms with Gasteiger partial charge in [0.15, 0.2) is 5.92 Å². The highest BCUT2D eigenvalue weighted by Gasteiger charge is 2.28. The average molecular weight is 215 g/mol. The van der Waals surface area contributed by atoms with Crippen molar-refractivity contribution >= 4 is 23.3 Å². The third-order valence-electron chi connectivity index (χ3n) is 1.65. The van der Waals surface area contributed by atoms with E-state index in [-0.39, 0.29) is 6.42 Å². The molecule has 1 atom stereocenters. The molecule has 0 aliphatic carbocycles. The maximum absolute atomic E-state index is 11.1. The second kappa shape index (κ2) is 4.71. The predicted molar refractivity (Wildman–Crippen MR) is 49.0 cm³/mol. The van der Waals surface area contributed by atoms with E-state index in [4.69, 9.17) is 5.11 Å². The van der Waals surface area contributed by atoms with E-state index in [9.17, 15) is 9.59 Å². The minimum atomic E-state index is -1.19. The van der Waals surface area contributed by atoms with E-state index >= 15 is 0 Å². The average Bonchev–Trinajstić information content (AvgIpc) is 2.65. The SMILES string of the molecule is COC(=O)C(Cc1nccs1)C(=O)O. The molecule has 6 heteroatoms. The van der Waals surface area contributed by atoms with Crippen LogP contribution in [0.3, 0.4) is 0 Å². The number of thiazole rings is 1. The van der Waals surface area contributed by atoms with Gasteiger partial charge in [-0.25, -0.2) is 4.98 Å². The van der Waals surface area contributed by atoms with Crippen LogP contribution >= 0.6 is 11.3 Å². The van der Waals surface area contributed by atoms with Crippen molar-refractivity contribution in [3.05, 3.63) is 16.6 Å². The van der Waals surface area contributed by atoms with E-state index < -0.39 is 17.9 Å². The van der Waals surface area contributed by atoms with Crippen molar-refractivity contribution in [3.8, 4) is 0 Å². The van der Waals surface area contributed by atoms with Gasteiger partial charge in [0.2, 0.25) is 0 Å². The van der Waals surface area contributed by atoms with Gasteiger partial charge in [0.25, 0.3) is 0 Å². The molecule has 1 N–H and O–H groups in total. The van der Waals surface area contributed by atoms with Crippen LogP contribution in [0, 0.1) is 5.92 Å². The summed E-state index contributed by atoms with van der Waals surface area (Å²) in [4.78, 5) is 25.7. The Morgan fingerprint density at radius 3 is 2.86 bits per heavy atom. The minimum Gasteiger partial charge on any atom is -0.481 e. The molecule has 0 radical (unpaired) electrons. The van der Waals surface area contributed by atoms with Gasteiger partial charge >= 0.3 is 11.9 Å².